The zero-order valence-electron chi connectivity index (χ0n) is 15.3. The number of benzene rings is 2. The Morgan fingerprint density at radius 3 is 2.52 bits per heavy atom. The van der Waals surface area contributed by atoms with Crippen molar-refractivity contribution in [2.75, 3.05) is 6.61 Å². The first-order chi connectivity index (χ1) is 11.9. The third-order valence-corrected chi connectivity index (χ3v) is 3.91. The molecule has 1 unspecified atom stereocenters. The van der Waals surface area contributed by atoms with Gasteiger partial charge >= 0.3 is 5.97 Å². The first-order valence-corrected chi connectivity index (χ1v) is 8.62. The summed E-state index contributed by atoms with van der Waals surface area (Å²) in [5.41, 5.74) is 2.67. The molecule has 0 aliphatic rings. The van der Waals surface area contributed by atoms with Crippen molar-refractivity contribution in [3.8, 4) is 11.5 Å². The van der Waals surface area contributed by atoms with Gasteiger partial charge in [-0.1, -0.05) is 24.3 Å². The minimum absolute atomic E-state index is 0.0827. The summed E-state index contributed by atoms with van der Waals surface area (Å²) in [5, 5.41) is 9.70. The second-order valence-electron chi connectivity index (χ2n) is 6.37. The van der Waals surface area contributed by atoms with E-state index in [1.807, 2.05) is 70.2 Å². The van der Waals surface area contributed by atoms with Crippen LogP contribution in [0.3, 0.4) is 0 Å². The Balaban J connectivity index is 2.24. The lowest BCUT2D eigenvalue weighted by Crippen LogP contribution is -2.15. The van der Waals surface area contributed by atoms with E-state index < -0.39 is 11.9 Å². The largest absolute Gasteiger partial charge is 0.494 e. The van der Waals surface area contributed by atoms with E-state index in [2.05, 4.69) is 0 Å². The summed E-state index contributed by atoms with van der Waals surface area (Å²) in [5.74, 6) is 0.115. The van der Waals surface area contributed by atoms with Gasteiger partial charge in [-0.25, -0.2) is 0 Å². The Labute approximate surface area is 149 Å². The van der Waals surface area contributed by atoms with Crippen LogP contribution in [-0.2, 0) is 11.2 Å². The fraction of sp³-hybridized carbons (Fsp3) is 0.381. The van der Waals surface area contributed by atoms with Gasteiger partial charge in [0.15, 0.2) is 0 Å². The molecule has 0 aromatic heterocycles. The summed E-state index contributed by atoms with van der Waals surface area (Å²) in [6.45, 7) is 8.39. The van der Waals surface area contributed by atoms with E-state index in [1.54, 1.807) is 0 Å². The minimum atomic E-state index is -0.834. The van der Waals surface area contributed by atoms with E-state index in [9.17, 15) is 9.90 Å². The molecule has 0 saturated carbocycles. The summed E-state index contributed by atoms with van der Waals surface area (Å²) in [6, 6.07) is 13.2. The topological polar surface area (TPSA) is 55.8 Å². The number of hydrogen-bond donors (Lipinski definition) is 1. The van der Waals surface area contributed by atoms with Gasteiger partial charge in [0.25, 0.3) is 0 Å². The predicted octanol–water partition coefficient (Wildman–Crippen LogP) is 4.59. The van der Waals surface area contributed by atoms with Crippen molar-refractivity contribution in [3.05, 3.63) is 59.2 Å². The quantitative estimate of drug-likeness (QED) is 0.762. The van der Waals surface area contributed by atoms with E-state index >= 15 is 0 Å². The number of ether oxygens (including phenoxy) is 2. The van der Waals surface area contributed by atoms with Crippen molar-refractivity contribution < 1.29 is 19.4 Å². The highest BCUT2D eigenvalue weighted by atomic mass is 16.5. The number of carboxylic acid groups (broad SMARTS) is 1. The van der Waals surface area contributed by atoms with Gasteiger partial charge in [-0.3, -0.25) is 4.79 Å². The Morgan fingerprint density at radius 2 is 1.92 bits per heavy atom. The minimum Gasteiger partial charge on any atom is -0.494 e. The van der Waals surface area contributed by atoms with Gasteiger partial charge in [-0.15, -0.1) is 0 Å². The first-order valence-electron chi connectivity index (χ1n) is 8.62. The second-order valence-corrected chi connectivity index (χ2v) is 6.37. The fourth-order valence-electron chi connectivity index (χ4n) is 2.81. The Bertz CT molecular complexity index is 722. The molecule has 2 aromatic rings. The number of rotatable bonds is 8. The maximum absolute atomic E-state index is 11.8. The van der Waals surface area contributed by atoms with Crippen LogP contribution in [0.5, 0.6) is 11.5 Å². The van der Waals surface area contributed by atoms with Gasteiger partial charge in [0.1, 0.15) is 11.5 Å². The van der Waals surface area contributed by atoms with E-state index in [-0.39, 0.29) is 6.10 Å². The lowest BCUT2D eigenvalue weighted by molar-refractivity contribution is -0.138. The van der Waals surface area contributed by atoms with Gasteiger partial charge in [-0.2, -0.15) is 0 Å². The first kappa shape index (κ1) is 18.8. The van der Waals surface area contributed by atoms with E-state index in [0.29, 0.717) is 13.0 Å². The van der Waals surface area contributed by atoms with Crippen LogP contribution in [0.15, 0.2) is 42.5 Å². The van der Waals surface area contributed by atoms with Gasteiger partial charge in [-0.05, 0) is 69.0 Å². The fourth-order valence-corrected chi connectivity index (χ4v) is 2.81. The Hall–Kier alpha value is -2.49. The number of carbonyl (C=O) groups is 1. The number of hydrogen-bond acceptors (Lipinski definition) is 3. The lowest BCUT2D eigenvalue weighted by atomic mass is 9.91. The van der Waals surface area contributed by atoms with Gasteiger partial charge in [0, 0.05) is 0 Å². The molecule has 1 N–H and O–H groups in total. The highest BCUT2D eigenvalue weighted by molar-refractivity contribution is 5.76. The lowest BCUT2D eigenvalue weighted by Gasteiger charge is -2.16. The molecule has 1 atom stereocenters. The average Bonchev–Trinajstić information content (AvgIpc) is 2.54. The number of aryl methyl sites for hydroxylation is 1. The molecule has 0 radical (unpaired) electrons. The van der Waals surface area contributed by atoms with Gasteiger partial charge in [0.2, 0.25) is 0 Å². The SMILES string of the molecule is CCOc1ccc(C(Cc2cccc(OC(C)C)c2)C(=O)O)cc1C. The highest BCUT2D eigenvalue weighted by Gasteiger charge is 2.21. The normalized spacial score (nSPS) is 12.0. The van der Waals surface area contributed by atoms with Crippen molar-refractivity contribution in [3.63, 3.8) is 0 Å². The average molecular weight is 342 g/mol. The molecule has 4 nitrogen and oxygen atoms in total. The van der Waals surface area contributed by atoms with Crippen LogP contribution in [0.1, 0.15) is 43.4 Å². The Kier molecular flexibility index (Phi) is 6.45. The molecule has 0 bridgehead atoms. The molecular formula is C21H26O4. The molecule has 0 heterocycles. The van der Waals surface area contributed by atoms with E-state index in [1.165, 1.54) is 0 Å². The molecular weight excluding hydrogens is 316 g/mol. The summed E-state index contributed by atoms with van der Waals surface area (Å²) >= 11 is 0. The molecule has 2 rings (SSSR count). The van der Waals surface area contributed by atoms with Crippen molar-refractivity contribution in [1.29, 1.82) is 0 Å². The van der Waals surface area contributed by atoms with Crippen molar-refractivity contribution >= 4 is 5.97 Å². The summed E-state index contributed by atoms with van der Waals surface area (Å²) < 4.78 is 11.2. The van der Waals surface area contributed by atoms with Crippen molar-refractivity contribution in [1.82, 2.24) is 0 Å². The maximum Gasteiger partial charge on any atom is 0.311 e. The van der Waals surface area contributed by atoms with Crippen LogP contribution in [0, 0.1) is 6.92 Å². The maximum atomic E-state index is 11.8. The van der Waals surface area contributed by atoms with Gasteiger partial charge in [0.05, 0.1) is 18.6 Å². The van der Waals surface area contributed by atoms with Crippen LogP contribution in [0.25, 0.3) is 0 Å². The van der Waals surface area contributed by atoms with Crippen molar-refractivity contribution in [2.45, 2.75) is 46.1 Å². The zero-order chi connectivity index (χ0) is 18.4. The number of carboxylic acids is 1. The summed E-state index contributed by atoms with van der Waals surface area (Å²) in [4.78, 5) is 11.8. The van der Waals surface area contributed by atoms with Crippen molar-refractivity contribution in [2.24, 2.45) is 0 Å². The molecule has 0 fully saturated rings. The van der Waals surface area contributed by atoms with Gasteiger partial charge < -0.3 is 14.6 Å². The van der Waals surface area contributed by atoms with Crippen LogP contribution >= 0.6 is 0 Å². The summed E-state index contributed by atoms with van der Waals surface area (Å²) in [6.07, 6.45) is 0.497. The molecule has 4 heteroatoms. The molecule has 134 valence electrons. The standard InChI is InChI=1S/C21H26O4/c1-5-24-20-10-9-17(11-15(20)4)19(21(22)23)13-16-7-6-8-18(12-16)25-14(2)3/h6-12,14,19H,5,13H2,1-4H3,(H,22,23). The molecule has 0 aliphatic heterocycles. The van der Waals surface area contributed by atoms with Crippen LogP contribution < -0.4 is 9.47 Å². The third-order valence-electron chi connectivity index (χ3n) is 3.91. The zero-order valence-corrected chi connectivity index (χ0v) is 15.3. The summed E-state index contributed by atoms with van der Waals surface area (Å²) in [7, 11) is 0. The molecule has 0 saturated heterocycles. The van der Waals surface area contributed by atoms with Crippen LogP contribution in [0.4, 0.5) is 0 Å². The van der Waals surface area contributed by atoms with E-state index in [0.717, 1.165) is 28.2 Å². The molecule has 0 spiro atoms. The smallest absolute Gasteiger partial charge is 0.311 e. The van der Waals surface area contributed by atoms with E-state index in [4.69, 9.17) is 9.47 Å². The third kappa shape index (κ3) is 5.24. The van der Waals surface area contributed by atoms with Crippen LogP contribution in [0.2, 0.25) is 0 Å². The molecule has 0 amide bonds. The number of aliphatic carboxylic acids is 1. The highest BCUT2D eigenvalue weighted by Crippen LogP contribution is 2.28. The molecule has 2 aromatic carbocycles. The molecule has 0 aliphatic carbocycles. The van der Waals surface area contributed by atoms with Crippen LogP contribution in [-0.4, -0.2) is 23.8 Å². The Morgan fingerprint density at radius 1 is 1.16 bits per heavy atom. The molecule has 25 heavy (non-hydrogen) atoms. The monoisotopic (exact) mass is 342 g/mol. The predicted molar refractivity (Wildman–Crippen MR) is 98.6 cm³/mol. The second kappa shape index (κ2) is 8.56.